The number of aryl methyl sites for hydroxylation is 2. The maximum atomic E-state index is 5.40. The fourth-order valence-electron chi connectivity index (χ4n) is 4.23. The molecule has 0 saturated heterocycles. The molecule has 0 spiro atoms. The lowest BCUT2D eigenvalue weighted by molar-refractivity contribution is 0.413. The van der Waals surface area contributed by atoms with E-state index in [-0.39, 0.29) is 0 Å². The minimum atomic E-state index is 0.523. The molecule has 0 atom stereocenters. The summed E-state index contributed by atoms with van der Waals surface area (Å²) >= 11 is 0. The second kappa shape index (κ2) is 11.9. The SMILES string of the molecule is Cc1ccc(CNc2ccc(CCN(C)C)cc2)cc1Nc1nccc(-c2cncc(-c3oncc3C)c2)n1. The van der Waals surface area contributed by atoms with E-state index in [1.807, 2.05) is 19.1 Å². The molecule has 39 heavy (non-hydrogen) atoms. The van der Waals surface area contributed by atoms with Crippen LogP contribution >= 0.6 is 0 Å². The Kier molecular flexibility index (Phi) is 7.94. The Hall–Kier alpha value is -4.56. The van der Waals surface area contributed by atoms with Crippen molar-refractivity contribution in [1.29, 1.82) is 0 Å². The topological polar surface area (TPSA) is 92.0 Å². The number of pyridine rings is 1. The fraction of sp³-hybridized carbons (Fsp3) is 0.226. The standard InChI is InChI=1S/C31H33N7O/c1-21-5-6-24(18-34-27-9-7-23(8-10-27)12-14-38(3)4)15-29(21)37-31-33-13-11-28(36-31)25-16-26(20-32-19-25)30-22(2)17-35-39-30/h5-11,13,15-17,19-20,34H,12,14,18H2,1-4H3,(H,33,36,37). The largest absolute Gasteiger partial charge is 0.381 e. The van der Waals surface area contributed by atoms with Crippen LogP contribution in [-0.4, -0.2) is 45.6 Å². The summed E-state index contributed by atoms with van der Waals surface area (Å²) in [6.07, 6.45) is 8.05. The second-order valence-electron chi connectivity index (χ2n) is 9.94. The van der Waals surface area contributed by atoms with Crippen molar-refractivity contribution in [2.45, 2.75) is 26.8 Å². The van der Waals surface area contributed by atoms with Crippen LogP contribution in [0, 0.1) is 13.8 Å². The van der Waals surface area contributed by atoms with Gasteiger partial charge in [-0.3, -0.25) is 4.98 Å². The maximum absolute atomic E-state index is 5.40. The normalized spacial score (nSPS) is 11.1. The lowest BCUT2D eigenvalue weighted by Gasteiger charge is -2.13. The van der Waals surface area contributed by atoms with Crippen LogP contribution in [0.4, 0.5) is 17.3 Å². The van der Waals surface area contributed by atoms with Crippen molar-refractivity contribution >= 4 is 17.3 Å². The number of nitrogens with one attached hydrogen (secondary N) is 2. The Bertz CT molecular complexity index is 1540. The van der Waals surface area contributed by atoms with Crippen LogP contribution in [0.25, 0.3) is 22.6 Å². The van der Waals surface area contributed by atoms with Crippen LogP contribution in [0.5, 0.6) is 0 Å². The molecular weight excluding hydrogens is 486 g/mol. The Morgan fingerprint density at radius 1 is 0.846 bits per heavy atom. The molecule has 5 aromatic rings. The summed E-state index contributed by atoms with van der Waals surface area (Å²) in [5, 5.41) is 10.8. The molecule has 8 heteroatoms. The molecule has 5 rings (SSSR count). The van der Waals surface area contributed by atoms with E-state index in [0.717, 1.165) is 57.9 Å². The first-order chi connectivity index (χ1) is 18.9. The third kappa shape index (κ3) is 6.66. The van der Waals surface area contributed by atoms with E-state index in [4.69, 9.17) is 9.51 Å². The first-order valence-electron chi connectivity index (χ1n) is 13.0. The smallest absolute Gasteiger partial charge is 0.227 e. The number of benzene rings is 2. The summed E-state index contributed by atoms with van der Waals surface area (Å²) in [4.78, 5) is 15.8. The molecule has 3 heterocycles. The zero-order valence-corrected chi connectivity index (χ0v) is 22.8. The zero-order chi connectivity index (χ0) is 27.2. The third-order valence-corrected chi connectivity index (χ3v) is 6.55. The molecule has 198 valence electrons. The van der Waals surface area contributed by atoms with E-state index in [0.29, 0.717) is 18.3 Å². The summed E-state index contributed by atoms with van der Waals surface area (Å²) in [6.45, 7) is 5.79. The summed E-state index contributed by atoms with van der Waals surface area (Å²) < 4.78 is 5.40. The number of aromatic nitrogens is 4. The van der Waals surface area contributed by atoms with E-state index >= 15 is 0 Å². The number of hydrogen-bond acceptors (Lipinski definition) is 8. The maximum Gasteiger partial charge on any atom is 0.227 e. The second-order valence-corrected chi connectivity index (χ2v) is 9.94. The number of anilines is 3. The molecule has 0 radical (unpaired) electrons. The highest BCUT2D eigenvalue weighted by atomic mass is 16.5. The summed E-state index contributed by atoms with van der Waals surface area (Å²) in [7, 11) is 4.20. The van der Waals surface area contributed by atoms with E-state index in [1.165, 1.54) is 5.56 Å². The minimum Gasteiger partial charge on any atom is -0.381 e. The van der Waals surface area contributed by atoms with Crippen molar-refractivity contribution in [3.63, 3.8) is 0 Å². The van der Waals surface area contributed by atoms with Crippen LogP contribution in [0.1, 0.15) is 22.3 Å². The number of nitrogens with zero attached hydrogens (tertiary/aromatic N) is 5. The predicted molar refractivity (Wildman–Crippen MR) is 156 cm³/mol. The molecule has 0 fully saturated rings. The minimum absolute atomic E-state index is 0.523. The van der Waals surface area contributed by atoms with Crippen LogP contribution in [0.3, 0.4) is 0 Å². The molecule has 2 N–H and O–H groups in total. The Labute approximate surface area is 229 Å². The molecule has 0 saturated carbocycles. The molecule has 3 aromatic heterocycles. The number of hydrogen-bond donors (Lipinski definition) is 2. The van der Waals surface area contributed by atoms with Crippen molar-refractivity contribution in [2.24, 2.45) is 0 Å². The number of likely N-dealkylation sites (N-methyl/N-ethyl adjacent to an activating group) is 1. The predicted octanol–water partition coefficient (Wildman–Crippen LogP) is 6.27. The van der Waals surface area contributed by atoms with Gasteiger partial charge < -0.3 is 20.1 Å². The molecule has 0 aliphatic rings. The van der Waals surface area contributed by atoms with Crippen molar-refractivity contribution in [3.8, 4) is 22.6 Å². The molecule has 0 bridgehead atoms. The highest BCUT2D eigenvalue weighted by molar-refractivity contribution is 5.69. The highest BCUT2D eigenvalue weighted by Gasteiger charge is 2.11. The lowest BCUT2D eigenvalue weighted by Crippen LogP contribution is -2.14. The molecular formula is C31H33N7O. The molecule has 0 unspecified atom stereocenters. The van der Waals surface area contributed by atoms with Gasteiger partial charge in [-0.15, -0.1) is 0 Å². The Balaban J connectivity index is 1.27. The van der Waals surface area contributed by atoms with E-state index in [9.17, 15) is 0 Å². The third-order valence-electron chi connectivity index (χ3n) is 6.55. The van der Waals surface area contributed by atoms with Gasteiger partial charge in [-0.2, -0.15) is 0 Å². The van der Waals surface area contributed by atoms with Gasteiger partial charge in [-0.05, 0) is 81.4 Å². The van der Waals surface area contributed by atoms with E-state index < -0.39 is 0 Å². The Morgan fingerprint density at radius 3 is 2.41 bits per heavy atom. The summed E-state index contributed by atoms with van der Waals surface area (Å²) in [5.41, 5.74) is 9.14. The van der Waals surface area contributed by atoms with Gasteiger partial charge in [-0.1, -0.05) is 29.4 Å². The van der Waals surface area contributed by atoms with Gasteiger partial charge >= 0.3 is 0 Å². The van der Waals surface area contributed by atoms with Crippen molar-refractivity contribution < 1.29 is 4.52 Å². The van der Waals surface area contributed by atoms with Crippen molar-refractivity contribution in [3.05, 3.63) is 102 Å². The van der Waals surface area contributed by atoms with Gasteiger partial charge in [0.1, 0.15) is 0 Å². The highest BCUT2D eigenvalue weighted by Crippen LogP contribution is 2.27. The van der Waals surface area contributed by atoms with E-state index in [2.05, 4.69) is 94.1 Å². The van der Waals surface area contributed by atoms with Crippen LogP contribution in [0.2, 0.25) is 0 Å². The lowest BCUT2D eigenvalue weighted by atomic mass is 10.1. The van der Waals surface area contributed by atoms with Gasteiger partial charge in [0.2, 0.25) is 5.95 Å². The quantitative estimate of drug-likeness (QED) is 0.223. The van der Waals surface area contributed by atoms with Crippen LogP contribution < -0.4 is 10.6 Å². The molecule has 2 aromatic carbocycles. The first kappa shape index (κ1) is 26.1. The number of rotatable bonds is 10. The van der Waals surface area contributed by atoms with Gasteiger partial charge in [0.25, 0.3) is 0 Å². The van der Waals surface area contributed by atoms with Gasteiger partial charge in [0, 0.05) is 59.7 Å². The molecule has 0 aliphatic carbocycles. The van der Waals surface area contributed by atoms with E-state index in [1.54, 1.807) is 24.8 Å². The first-order valence-corrected chi connectivity index (χ1v) is 13.0. The fourth-order valence-corrected chi connectivity index (χ4v) is 4.23. The molecule has 0 amide bonds. The van der Waals surface area contributed by atoms with Gasteiger partial charge in [0.05, 0.1) is 11.9 Å². The average molecular weight is 520 g/mol. The van der Waals surface area contributed by atoms with Crippen LogP contribution in [-0.2, 0) is 13.0 Å². The summed E-state index contributed by atoms with van der Waals surface area (Å²) in [5.74, 6) is 1.23. The zero-order valence-electron chi connectivity index (χ0n) is 22.8. The van der Waals surface area contributed by atoms with Crippen molar-refractivity contribution in [1.82, 2.24) is 25.0 Å². The van der Waals surface area contributed by atoms with Gasteiger partial charge in [0.15, 0.2) is 5.76 Å². The summed E-state index contributed by atoms with van der Waals surface area (Å²) in [6, 6.07) is 18.9. The average Bonchev–Trinajstić information content (AvgIpc) is 3.39. The monoisotopic (exact) mass is 519 g/mol. The molecule has 8 nitrogen and oxygen atoms in total. The van der Waals surface area contributed by atoms with Crippen LogP contribution in [0.15, 0.2) is 83.9 Å². The molecule has 0 aliphatic heterocycles. The van der Waals surface area contributed by atoms with Gasteiger partial charge in [-0.25, -0.2) is 9.97 Å². The Morgan fingerprint density at radius 2 is 1.64 bits per heavy atom. The van der Waals surface area contributed by atoms with Crippen molar-refractivity contribution in [2.75, 3.05) is 31.3 Å².